The average molecular weight is 322 g/mol. The van der Waals surface area contributed by atoms with E-state index in [-0.39, 0.29) is 5.54 Å². The van der Waals surface area contributed by atoms with Crippen LogP contribution in [0.2, 0.25) is 0 Å². The molecule has 1 aromatic carbocycles. The van der Waals surface area contributed by atoms with Crippen molar-refractivity contribution in [2.24, 2.45) is 0 Å². The number of anilines is 1. The minimum atomic E-state index is 0.140. The fourth-order valence-corrected chi connectivity index (χ4v) is 2.91. The maximum absolute atomic E-state index is 5.44. The number of hydrogen-bond donors (Lipinski definition) is 3. The maximum atomic E-state index is 5.44. The highest BCUT2D eigenvalue weighted by Gasteiger charge is 2.32. The standard InChI is InChI=1S/C17H27N3OS/c1-4-14-5-7-15(8-6-14)19-16(22)18-13-17(2,3)20-9-11-21-12-10-20/h5-8H,4,9-13H2,1-3H3,(H2,18,19,22)/p+1. The molecule has 0 bridgehead atoms. The molecule has 5 heteroatoms. The third-order valence-corrected chi connectivity index (χ3v) is 4.61. The largest absolute Gasteiger partial charge is 0.370 e. The molecule has 0 saturated carbocycles. The molecule has 1 fully saturated rings. The van der Waals surface area contributed by atoms with E-state index < -0.39 is 0 Å². The summed E-state index contributed by atoms with van der Waals surface area (Å²) >= 11 is 5.41. The molecule has 1 saturated heterocycles. The zero-order valence-corrected chi connectivity index (χ0v) is 14.7. The zero-order chi connectivity index (χ0) is 16.0. The minimum absolute atomic E-state index is 0.140. The molecule has 22 heavy (non-hydrogen) atoms. The van der Waals surface area contributed by atoms with Gasteiger partial charge in [-0.15, -0.1) is 0 Å². The molecular formula is C17H28N3OS+. The molecule has 3 N–H and O–H groups in total. The van der Waals surface area contributed by atoms with Crippen LogP contribution in [0.15, 0.2) is 24.3 Å². The van der Waals surface area contributed by atoms with Gasteiger partial charge in [0.15, 0.2) is 5.11 Å². The van der Waals surface area contributed by atoms with Gasteiger partial charge in [-0.3, -0.25) is 0 Å². The monoisotopic (exact) mass is 322 g/mol. The lowest BCUT2D eigenvalue weighted by Crippen LogP contribution is -3.22. The van der Waals surface area contributed by atoms with Gasteiger partial charge in [0.2, 0.25) is 0 Å². The van der Waals surface area contributed by atoms with Crippen molar-refractivity contribution < 1.29 is 9.64 Å². The lowest BCUT2D eigenvalue weighted by Gasteiger charge is -2.37. The van der Waals surface area contributed by atoms with Gasteiger partial charge in [-0.2, -0.15) is 0 Å². The summed E-state index contributed by atoms with van der Waals surface area (Å²) < 4.78 is 5.44. The summed E-state index contributed by atoms with van der Waals surface area (Å²) in [7, 11) is 0. The summed E-state index contributed by atoms with van der Waals surface area (Å²) in [4.78, 5) is 1.57. The number of benzene rings is 1. The Morgan fingerprint density at radius 1 is 1.23 bits per heavy atom. The van der Waals surface area contributed by atoms with Crippen molar-refractivity contribution in [2.75, 3.05) is 38.2 Å². The quantitative estimate of drug-likeness (QED) is 0.713. The third-order valence-electron chi connectivity index (χ3n) is 4.36. The Morgan fingerprint density at radius 3 is 2.45 bits per heavy atom. The molecule has 0 radical (unpaired) electrons. The number of morpholine rings is 1. The number of ether oxygens (including phenoxy) is 1. The highest BCUT2D eigenvalue weighted by molar-refractivity contribution is 7.80. The third kappa shape index (κ3) is 4.93. The topological polar surface area (TPSA) is 37.7 Å². The SMILES string of the molecule is CCc1ccc(NC(=S)NCC(C)(C)[NH+]2CCOCC2)cc1. The second kappa shape index (κ2) is 7.90. The summed E-state index contributed by atoms with van der Waals surface area (Å²) in [5.74, 6) is 0. The second-order valence-corrected chi connectivity index (χ2v) is 6.87. The van der Waals surface area contributed by atoms with Gasteiger partial charge in [-0.05, 0) is 50.2 Å². The molecule has 122 valence electrons. The predicted molar refractivity (Wildman–Crippen MR) is 95.6 cm³/mol. The number of nitrogens with one attached hydrogen (secondary N) is 3. The Bertz CT molecular complexity index is 481. The van der Waals surface area contributed by atoms with Crippen LogP contribution in [0, 0.1) is 0 Å². The van der Waals surface area contributed by atoms with Gasteiger partial charge in [0.1, 0.15) is 18.6 Å². The lowest BCUT2D eigenvalue weighted by molar-refractivity contribution is -0.954. The van der Waals surface area contributed by atoms with Crippen LogP contribution < -0.4 is 15.5 Å². The Kier molecular flexibility index (Phi) is 6.17. The van der Waals surface area contributed by atoms with Crippen LogP contribution >= 0.6 is 12.2 Å². The van der Waals surface area contributed by atoms with E-state index in [0.717, 1.165) is 45.0 Å². The Balaban J connectivity index is 1.80. The summed E-state index contributed by atoms with van der Waals surface area (Å²) in [6, 6.07) is 8.41. The van der Waals surface area contributed by atoms with Gasteiger partial charge < -0.3 is 20.3 Å². The summed E-state index contributed by atoms with van der Waals surface area (Å²) in [5, 5.41) is 7.30. The summed E-state index contributed by atoms with van der Waals surface area (Å²) in [6.45, 7) is 11.4. The van der Waals surface area contributed by atoms with Gasteiger partial charge in [0.25, 0.3) is 0 Å². The predicted octanol–water partition coefficient (Wildman–Crippen LogP) is 1.23. The van der Waals surface area contributed by atoms with Crippen molar-refractivity contribution in [3.63, 3.8) is 0 Å². The Morgan fingerprint density at radius 2 is 1.86 bits per heavy atom. The van der Waals surface area contributed by atoms with Gasteiger partial charge in [-0.25, -0.2) is 0 Å². The number of rotatable bonds is 5. The molecule has 1 aliphatic heterocycles. The maximum Gasteiger partial charge on any atom is 0.171 e. The number of quaternary nitrogens is 1. The van der Waals surface area contributed by atoms with Crippen molar-refractivity contribution in [2.45, 2.75) is 32.7 Å². The molecule has 1 heterocycles. The molecule has 0 spiro atoms. The van der Waals surface area contributed by atoms with Gasteiger partial charge in [-0.1, -0.05) is 19.1 Å². The van der Waals surface area contributed by atoms with E-state index >= 15 is 0 Å². The normalized spacial score (nSPS) is 16.3. The first kappa shape index (κ1) is 17.2. The molecule has 1 aromatic rings. The van der Waals surface area contributed by atoms with Crippen molar-refractivity contribution >= 4 is 23.0 Å². The highest BCUT2D eigenvalue weighted by Crippen LogP contribution is 2.09. The molecule has 4 nitrogen and oxygen atoms in total. The van der Waals surface area contributed by atoms with Crippen molar-refractivity contribution in [3.05, 3.63) is 29.8 Å². The van der Waals surface area contributed by atoms with Crippen LogP contribution in [0.25, 0.3) is 0 Å². The highest BCUT2D eigenvalue weighted by atomic mass is 32.1. The number of aryl methyl sites for hydroxylation is 1. The summed E-state index contributed by atoms with van der Waals surface area (Å²) in [5.41, 5.74) is 2.51. The van der Waals surface area contributed by atoms with Crippen LogP contribution in [0.1, 0.15) is 26.3 Å². The van der Waals surface area contributed by atoms with Crippen LogP contribution in [0.3, 0.4) is 0 Å². The van der Waals surface area contributed by atoms with Crippen LogP contribution in [-0.2, 0) is 11.2 Å². The molecule has 1 aliphatic rings. The van der Waals surface area contributed by atoms with Crippen molar-refractivity contribution in [3.8, 4) is 0 Å². The van der Waals surface area contributed by atoms with Gasteiger partial charge >= 0.3 is 0 Å². The van der Waals surface area contributed by atoms with Gasteiger partial charge in [0.05, 0.1) is 19.8 Å². The smallest absolute Gasteiger partial charge is 0.171 e. The van der Waals surface area contributed by atoms with E-state index in [9.17, 15) is 0 Å². The fraction of sp³-hybridized carbons (Fsp3) is 0.588. The first-order chi connectivity index (χ1) is 10.5. The van der Waals surface area contributed by atoms with Crippen LogP contribution in [0.4, 0.5) is 5.69 Å². The van der Waals surface area contributed by atoms with E-state index in [1.807, 2.05) is 0 Å². The number of hydrogen-bond acceptors (Lipinski definition) is 2. The average Bonchev–Trinajstić information content (AvgIpc) is 2.55. The van der Waals surface area contributed by atoms with Crippen molar-refractivity contribution in [1.29, 1.82) is 0 Å². The zero-order valence-electron chi connectivity index (χ0n) is 13.9. The molecule has 0 amide bonds. The van der Waals surface area contributed by atoms with E-state index in [1.165, 1.54) is 5.56 Å². The second-order valence-electron chi connectivity index (χ2n) is 6.46. The van der Waals surface area contributed by atoms with Gasteiger partial charge in [0, 0.05) is 5.69 Å². The molecule has 2 rings (SSSR count). The van der Waals surface area contributed by atoms with E-state index in [2.05, 4.69) is 55.7 Å². The van der Waals surface area contributed by atoms with Crippen LogP contribution in [0.5, 0.6) is 0 Å². The van der Waals surface area contributed by atoms with Crippen molar-refractivity contribution in [1.82, 2.24) is 5.32 Å². The molecule has 0 atom stereocenters. The van der Waals surface area contributed by atoms with E-state index in [0.29, 0.717) is 5.11 Å². The Labute approximate surface area is 139 Å². The molecular weight excluding hydrogens is 294 g/mol. The van der Waals surface area contributed by atoms with E-state index in [1.54, 1.807) is 4.90 Å². The summed E-state index contributed by atoms with van der Waals surface area (Å²) in [6.07, 6.45) is 1.06. The first-order valence-corrected chi connectivity index (χ1v) is 8.49. The molecule has 0 aliphatic carbocycles. The van der Waals surface area contributed by atoms with E-state index in [4.69, 9.17) is 17.0 Å². The first-order valence-electron chi connectivity index (χ1n) is 8.08. The fourth-order valence-electron chi connectivity index (χ4n) is 2.72. The molecule has 0 aromatic heterocycles. The Hall–Kier alpha value is -1.17. The number of thiocarbonyl (C=S) groups is 1. The molecule has 0 unspecified atom stereocenters. The lowest BCUT2D eigenvalue weighted by atomic mass is 10.0. The minimum Gasteiger partial charge on any atom is -0.370 e. The van der Waals surface area contributed by atoms with Crippen LogP contribution in [-0.4, -0.2) is 43.5 Å².